The van der Waals surface area contributed by atoms with Crippen LogP contribution in [0.2, 0.25) is 0 Å². The van der Waals surface area contributed by atoms with Gasteiger partial charge in [-0.1, -0.05) is 36.1 Å². The van der Waals surface area contributed by atoms with Crippen molar-refractivity contribution in [3.05, 3.63) is 34.7 Å². The number of methoxy groups -OCH3 is 1. The zero-order chi connectivity index (χ0) is 13.8. The number of hydrogen-bond donors (Lipinski definition) is 1. The standard InChI is InChI=1S/C13H13NO3S2/c1-17-10-4-2-3-9(7-10)8-11-12(16)14(5-6-15)13(18)19-11/h2-4,7-8,15H,5-6H2,1H3/b11-8-. The van der Waals surface area contributed by atoms with Gasteiger partial charge in [-0.15, -0.1) is 0 Å². The molecule has 1 aromatic rings. The number of nitrogens with zero attached hydrogens (tertiary/aromatic N) is 1. The smallest absolute Gasteiger partial charge is 0.266 e. The Morgan fingerprint density at radius 3 is 3.00 bits per heavy atom. The third-order valence-corrected chi connectivity index (χ3v) is 3.97. The van der Waals surface area contributed by atoms with E-state index < -0.39 is 0 Å². The maximum atomic E-state index is 12.1. The summed E-state index contributed by atoms with van der Waals surface area (Å²) in [5.74, 6) is 0.575. The number of aliphatic hydroxyl groups is 1. The molecule has 1 amide bonds. The summed E-state index contributed by atoms with van der Waals surface area (Å²) in [6.07, 6.45) is 1.78. The van der Waals surface area contributed by atoms with Gasteiger partial charge in [-0.2, -0.15) is 0 Å². The van der Waals surface area contributed by atoms with E-state index in [2.05, 4.69) is 0 Å². The van der Waals surface area contributed by atoms with Gasteiger partial charge < -0.3 is 9.84 Å². The highest BCUT2D eigenvalue weighted by Crippen LogP contribution is 2.32. The van der Waals surface area contributed by atoms with Crippen molar-refractivity contribution in [2.75, 3.05) is 20.3 Å². The lowest BCUT2D eigenvalue weighted by Gasteiger charge is -2.11. The highest BCUT2D eigenvalue weighted by atomic mass is 32.2. The molecule has 1 fully saturated rings. The van der Waals surface area contributed by atoms with E-state index in [4.69, 9.17) is 22.1 Å². The van der Waals surface area contributed by atoms with Crippen LogP contribution in [0.5, 0.6) is 5.75 Å². The molecule has 1 aliphatic heterocycles. The molecule has 0 unspecified atom stereocenters. The summed E-state index contributed by atoms with van der Waals surface area (Å²) in [4.78, 5) is 14.0. The second-order valence-electron chi connectivity index (χ2n) is 3.83. The van der Waals surface area contributed by atoms with E-state index in [0.717, 1.165) is 11.3 Å². The molecule has 1 N–H and O–H groups in total. The summed E-state index contributed by atoms with van der Waals surface area (Å²) < 4.78 is 5.62. The van der Waals surface area contributed by atoms with Crippen LogP contribution in [0.15, 0.2) is 29.2 Å². The van der Waals surface area contributed by atoms with Crippen molar-refractivity contribution in [3.8, 4) is 5.75 Å². The van der Waals surface area contributed by atoms with Crippen molar-refractivity contribution in [1.29, 1.82) is 0 Å². The largest absolute Gasteiger partial charge is 0.497 e. The molecule has 0 aliphatic carbocycles. The van der Waals surface area contributed by atoms with E-state index >= 15 is 0 Å². The predicted octanol–water partition coefficient (Wildman–Crippen LogP) is 1.89. The van der Waals surface area contributed by atoms with Crippen molar-refractivity contribution in [1.82, 2.24) is 4.90 Å². The first-order valence-corrected chi connectivity index (χ1v) is 6.88. The number of aliphatic hydroxyl groups excluding tert-OH is 1. The number of amides is 1. The third-order valence-electron chi connectivity index (χ3n) is 2.59. The van der Waals surface area contributed by atoms with Gasteiger partial charge in [-0.25, -0.2) is 0 Å². The quantitative estimate of drug-likeness (QED) is 0.679. The molecule has 100 valence electrons. The maximum Gasteiger partial charge on any atom is 0.266 e. The first-order valence-electron chi connectivity index (χ1n) is 5.66. The van der Waals surface area contributed by atoms with E-state index in [-0.39, 0.29) is 19.1 Å². The SMILES string of the molecule is COc1cccc(/C=C2\SC(=S)N(CCO)C2=O)c1. The number of β-amino-alcohol motifs (C(OH)–C–C–N with tert-alkyl or cyclic N) is 1. The van der Waals surface area contributed by atoms with Gasteiger partial charge in [0.1, 0.15) is 10.1 Å². The normalized spacial score (nSPS) is 17.4. The summed E-state index contributed by atoms with van der Waals surface area (Å²) >= 11 is 6.36. The maximum absolute atomic E-state index is 12.1. The van der Waals surface area contributed by atoms with Crippen molar-refractivity contribution in [3.63, 3.8) is 0 Å². The van der Waals surface area contributed by atoms with E-state index in [1.807, 2.05) is 24.3 Å². The molecule has 0 atom stereocenters. The number of thiocarbonyl (C=S) groups is 1. The van der Waals surface area contributed by atoms with Crippen LogP contribution in [0.4, 0.5) is 0 Å². The fraction of sp³-hybridized carbons (Fsp3) is 0.231. The number of benzene rings is 1. The van der Waals surface area contributed by atoms with Crippen molar-refractivity contribution < 1.29 is 14.6 Å². The van der Waals surface area contributed by atoms with Crippen LogP contribution in [0.25, 0.3) is 6.08 Å². The molecule has 1 aliphatic rings. The number of thioether (sulfide) groups is 1. The molecule has 0 bridgehead atoms. The molecular formula is C13H13NO3S2. The third kappa shape index (κ3) is 3.15. The molecular weight excluding hydrogens is 282 g/mol. The fourth-order valence-corrected chi connectivity index (χ4v) is 2.98. The average Bonchev–Trinajstić information content (AvgIpc) is 2.67. The average molecular weight is 295 g/mol. The highest BCUT2D eigenvalue weighted by molar-refractivity contribution is 8.26. The zero-order valence-electron chi connectivity index (χ0n) is 10.3. The van der Waals surface area contributed by atoms with Crippen LogP contribution in [-0.4, -0.2) is 40.5 Å². The fourth-order valence-electron chi connectivity index (χ4n) is 1.68. The van der Waals surface area contributed by atoms with Gasteiger partial charge in [0.25, 0.3) is 5.91 Å². The molecule has 0 spiro atoms. The molecule has 4 nitrogen and oxygen atoms in total. The second kappa shape index (κ2) is 6.18. The van der Waals surface area contributed by atoms with Crippen LogP contribution in [-0.2, 0) is 4.79 Å². The lowest BCUT2D eigenvalue weighted by Crippen LogP contribution is -2.30. The predicted molar refractivity (Wildman–Crippen MR) is 80.0 cm³/mol. The van der Waals surface area contributed by atoms with Crippen LogP contribution >= 0.6 is 24.0 Å². The molecule has 1 aromatic carbocycles. The Kier molecular flexibility index (Phi) is 4.57. The molecule has 1 heterocycles. The number of carbonyl (C=O) groups excluding carboxylic acids is 1. The summed E-state index contributed by atoms with van der Waals surface area (Å²) in [5, 5.41) is 8.91. The monoisotopic (exact) mass is 295 g/mol. The van der Waals surface area contributed by atoms with Gasteiger partial charge >= 0.3 is 0 Å². The summed E-state index contributed by atoms with van der Waals surface area (Å²) in [7, 11) is 1.60. The van der Waals surface area contributed by atoms with E-state index in [0.29, 0.717) is 9.23 Å². The molecule has 1 saturated heterocycles. The first kappa shape index (κ1) is 14.0. The van der Waals surface area contributed by atoms with E-state index in [1.165, 1.54) is 16.7 Å². The minimum Gasteiger partial charge on any atom is -0.497 e. The Hall–Kier alpha value is -1.37. The van der Waals surface area contributed by atoms with Crippen LogP contribution in [0, 0.1) is 0 Å². The van der Waals surface area contributed by atoms with Gasteiger partial charge in [0.05, 0.1) is 25.2 Å². The van der Waals surface area contributed by atoms with Gasteiger partial charge in [0.15, 0.2) is 0 Å². The number of carbonyl (C=O) groups is 1. The lowest BCUT2D eigenvalue weighted by molar-refractivity contribution is -0.122. The topological polar surface area (TPSA) is 49.8 Å². The Labute approximate surface area is 121 Å². The number of hydrogen-bond acceptors (Lipinski definition) is 5. The van der Waals surface area contributed by atoms with Crippen LogP contribution in [0.3, 0.4) is 0 Å². The summed E-state index contributed by atoms with van der Waals surface area (Å²) in [5.41, 5.74) is 0.879. The zero-order valence-corrected chi connectivity index (χ0v) is 12.0. The molecule has 2 rings (SSSR count). The Bertz CT molecular complexity index is 542. The molecule has 0 radical (unpaired) electrons. The van der Waals surface area contributed by atoms with E-state index in [9.17, 15) is 4.79 Å². The van der Waals surface area contributed by atoms with Crippen molar-refractivity contribution in [2.24, 2.45) is 0 Å². The summed E-state index contributed by atoms with van der Waals surface area (Å²) in [6.45, 7) is 0.138. The molecule has 6 heteroatoms. The van der Waals surface area contributed by atoms with Gasteiger partial charge in [0.2, 0.25) is 0 Å². The Morgan fingerprint density at radius 2 is 2.32 bits per heavy atom. The molecule has 0 saturated carbocycles. The van der Waals surface area contributed by atoms with Crippen LogP contribution < -0.4 is 4.74 Å². The minimum absolute atomic E-state index is 0.0983. The lowest BCUT2D eigenvalue weighted by atomic mass is 10.2. The minimum atomic E-state index is -0.160. The van der Waals surface area contributed by atoms with Gasteiger partial charge in [-0.05, 0) is 23.8 Å². The first-order chi connectivity index (χ1) is 9.15. The number of rotatable bonds is 4. The number of ether oxygens (including phenoxy) is 1. The van der Waals surface area contributed by atoms with Crippen molar-refractivity contribution >= 4 is 40.3 Å². The molecule has 0 aromatic heterocycles. The van der Waals surface area contributed by atoms with Gasteiger partial charge in [0, 0.05) is 0 Å². The Morgan fingerprint density at radius 1 is 1.53 bits per heavy atom. The Balaban J connectivity index is 2.24. The second-order valence-corrected chi connectivity index (χ2v) is 5.51. The highest BCUT2D eigenvalue weighted by Gasteiger charge is 2.31. The van der Waals surface area contributed by atoms with Gasteiger partial charge in [-0.3, -0.25) is 9.69 Å². The van der Waals surface area contributed by atoms with Crippen LogP contribution in [0.1, 0.15) is 5.56 Å². The summed E-state index contributed by atoms with van der Waals surface area (Å²) in [6, 6.07) is 7.44. The van der Waals surface area contributed by atoms with E-state index in [1.54, 1.807) is 13.2 Å². The molecule has 19 heavy (non-hydrogen) atoms. The van der Waals surface area contributed by atoms with Crippen molar-refractivity contribution in [2.45, 2.75) is 0 Å².